The lowest BCUT2D eigenvalue weighted by atomic mass is 9.85. The first-order valence-electron chi connectivity index (χ1n) is 6.83. The Morgan fingerprint density at radius 1 is 1.26 bits per heavy atom. The van der Waals surface area contributed by atoms with Crippen LogP contribution < -0.4 is 5.73 Å². The Balaban J connectivity index is 2.04. The fourth-order valence-corrected chi connectivity index (χ4v) is 3.95. The zero-order valence-electron chi connectivity index (χ0n) is 11.4. The van der Waals surface area contributed by atoms with Crippen LogP contribution in [-0.4, -0.2) is 25.8 Å². The van der Waals surface area contributed by atoms with E-state index < -0.39 is 10.0 Å². The van der Waals surface area contributed by atoms with E-state index >= 15 is 0 Å². The van der Waals surface area contributed by atoms with Crippen LogP contribution >= 0.6 is 0 Å². The maximum absolute atomic E-state index is 12.4. The SMILES string of the molecule is CCN(CC1CCC1)S(=O)(=O)Cc1ccc(N)cc1. The molecule has 0 spiro atoms. The number of anilines is 1. The molecule has 0 aliphatic heterocycles. The zero-order valence-corrected chi connectivity index (χ0v) is 12.2. The van der Waals surface area contributed by atoms with Gasteiger partial charge in [-0.3, -0.25) is 0 Å². The highest BCUT2D eigenvalue weighted by Crippen LogP contribution is 2.28. The normalized spacial score (nSPS) is 16.5. The number of benzene rings is 1. The standard InChI is InChI=1S/C14H22N2O2S/c1-2-16(10-12-4-3-5-12)19(17,18)11-13-6-8-14(15)9-7-13/h6-9,12H,2-5,10-11,15H2,1H3. The second-order valence-corrected chi connectivity index (χ2v) is 7.21. The van der Waals surface area contributed by atoms with Crippen LogP contribution in [-0.2, 0) is 15.8 Å². The predicted molar refractivity (Wildman–Crippen MR) is 78.1 cm³/mol. The van der Waals surface area contributed by atoms with Crippen molar-refractivity contribution >= 4 is 15.7 Å². The molecule has 1 saturated carbocycles. The number of hydrogen-bond acceptors (Lipinski definition) is 3. The first-order valence-corrected chi connectivity index (χ1v) is 8.44. The van der Waals surface area contributed by atoms with Crippen molar-refractivity contribution < 1.29 is 8.42 Å². The summed E-state index contributed by atoms with van der Waals surface area (Å²) in [5.74, 6) is 0.620. The van der Waals surface area contributed by atoms with Crippen molar-refractivity contribution in [3.8, 4) is 0 Å². The maximum atomic E-state index is 12.4. The molecule has 0 unspecified atom stereocenters. The lowest BCUT2D eigenvalue weighted by molar-refractivity contribution is 0.250. The van der Waals surface area contributed by atoms with Gasteiger partial charge >= 0.3 is 0 Å². The number of hydrogen-bond donors (Lipinski definition) is 1. The highest BCUT2D eigenvalue weighted by molar-refractivity contribution is 7.88. The summed E-state index contributed by atoms with van der Waals surface area (Å²) in [6.07, 6.45) is 3.56. The van der Waals surface area contributed by atoms with Crippen LogP contribution in [0.15, 0.2) is 24.3 Å². The summed E-state index contributed by atoms with van der Waals surface area (Å²) in [4.78, 5) is 0. The van der Waals surface area contributed by atoms with E-state index in [2.05, 4.69) is 0 Å². The van der Waals surface area contributed by atoms with Crippen LogP contribution in [0, 0.1) is 5.92 Å². The second kappa shape index (κ2) is 5.92. The van der Waals surface area contributed by atoms with Gasteiger partial charge < -0.3 is 5.73 Å². The van der Waals surface area contributed by atoms with Crippen LogP contribution in [0.3, 0.4) is 0 Å². The summed E-state index contributed by atoms with van der Waals surface area (Å²) in [5, 5.41) is 0. The summed E-state index contributed by atoms with van der Waals surface area (Å²) in [6, 6.07) is 7.05. The van der Waals surface area contributed by atoms with Gasteiger partial charge in [0.15, 0.2) is 0 Å². The molecular formula is C14H22N2O2S. The van der Waals surface area contributed by atoms with Gasteiger partial charge in [-0.25, -0.2) is 12.7 Å². The van der Waals surface area contributed by atoms with Gasteiger partial charge in [-0.05, 0) is 36.5 Å². The minimum atomic E-state index is -3.22. The quantitative estimate of drug-likeness (QED) is 0.814. The van der Waals surface area contributed by atoms with Gasteiger partial charge in [-0.15, -0.1) is 0 Å². The molecule has 5 heteroatoms. The Morgan fingerprint density at radius 2 is 1.89 bits per heavy atom. The molecule has 2 N–H and O–H groups in total. The van der Waals surface area contributed by atoms with E-state index in [0.29, 0.717) is 24.7 Å². The van der Waals surface area contributed by atoms with E-state index in [9.17, 15) is 8.42 Å². The van der Waals surface area contributed by atoms with Crippen molar-refractivity contribution in [3.63, 3.8) is 0 Å². The topological polar surface area (TPSA) is 63.4 Å². The molecule has 19 heavy (non-hydrogen) atoms. The first-order chi connectivity index (χ1) is 9.01. The van der Waals surface area contributed by atoms with Gasteiger partial charge in [-0.2, -0.15) is 0 Å². The van der Waals surface area contributed by atoms with Crippen molar-refractivity contribution in [2.24, 2.45) is 5.92 Å². The van der Waals surface area contributed by atoms with Crippen LogP contribution in [0.4, 0.5) is 5.69 Å². The summed E-state index contributed by atoms with van der Waals surface area (Å²) in [6.45, 7) is 3.13. The Bertz CT molecular complexity index is 507. The number of rotatable bonds is 6. The van der Waals surface area contributed by atoms with Crippen LogP contribution in [0.1, 0.15) is 31.7 Å². The summed E-state index contributed by atoms with van der Waals surface area (Å²) in [7, 11) is -3.22. The smallest absolute Gasteiger partial charge is 0.218 e. The number of nitrogens with two attached hydrogens (primary N) is 1. The molecule has 0 heterocycles. The Labute approximate surface area is 115 Å². The number of nitrogen functional groups attached to an aromatic ring is 1. The van der Waals surface area contributed by atoms with Crippen LogP contribution in [0.25, 0.3) is 0 Å². The molecule has 0 aromatic heterocycles. The van der Waals surface area contributed by atoms with E-state index in [0.717, 1.165) is 18.4 Å². The Morgan fingerprint density at radius 3 is 2.37 bits per heavy atom. The zero-order chi connectivity index (χ0) is 13.9. The lowest BCUT2D eigenvalue weighted by Crippen LogP contribution is -2.37. The molecule has 0 saturated heterocycles. The Kier molecular flexibility index (Phi) is 4.47. The van der Waals surface area contributed by atoms with E-state index in [4.69, 9.17) is 5.73 Å². The number of nitrogens with zero attached hydrogens (tertiary/aromatic N) is 1. The fraction of sp³-hybridized carbons (Fsp3) is 0.571. The monoisotopic (exact) mass is 282 g/mol. The molecular weight excluding hydrogens is 260 g/mol. The average Bonchev–Trinajstić information content (AvgIpc) is 2.30. The van der Waals surface area contributed by atoms with E-state index in [1.807, 2.05) is 6.92 Å². The van der Waals surface area contributed by atoms with Gasteiger partial charge in [0.25, 0.3) is 0 Å². The molecule has 0 amide bonds. The van der Waals surface area contributed by atoms with Gasteiger partial charge in [-0.1, -0.05) is 25.5 Å². The van der Waals surface area contributed by atoms with Gasteiger partial charge in [0, 0.05) is 18.8 Å². The van der Waals surface area contributed by atoms with Gasteiger partial charge in [0.1, 0.15) is 0 Å². The molecule has 1 aromatic rings. The van der Waals surface area contributed by atoms with Gasteiger partial charge in [0.05, 0.1) is 5.75 Å². The fourth-order valence-electron chi connectivity index (χ4n) is 2.32. The third-order valence-corrected chi connectivity index (χ3v) is 5.65. The molecule has 106 valence electrons. The maximum Gasteiger partial charge on any atom is 0.218 e. The largest absolute Gasteiger partial charge is 0.399 e. The molecule has 1 aliphatic rings. The molecule has 0 bridgehead atoms. The minimum Gasteiger partial charge on any atom is -0.399 e. The van der Waals surface area contributed by atoms with Crippen LogP contribution in [0.5, 0.6) is 0 Å². The third kappa shape index (κ3) is 3.70. The molecule has 1 aliphatic carbocycles. The Hall–Kier alpha value is -1.07. The van der Waals surface area contributed by atoms with E-state index in [1.165, 1.54) is 6.42 Å². The molecule has 1 aromatic carbocycles. The lowest BCUT2D eigenvalue weighted by Gasteiger charge is -2.31. The van der Waals surface area contributed by atoms with Crippen molar-refractivity contribution in [3.05, 3.63) is 29.8 Å². The number of sulfonamides is 1. The van der Waals surface area contributed by atoms with Crippen molar-refractivity contribution in [2.45, 2.75) is 31.9 Å². The van der Waals surface area contributed by atoms with Crippen LogP contribution in [0.2, 0.25) is 0 Å². The summed E-state index contributed by atoms with van der Waals surface area (Å²) >= 11 is 0. The minimum absolute atomic E-state index is 0.0633. The van der Waals surface area contributed by atoms with E-state index in [-0.39, 0.29) is 5.75 Å². The van der Waals surface area contributed by atoms with Gasteiger partial charge in [0.2, 0.25) is 10.0 Å². The highest BCUT2D eigenvalue weighted by atomic mass is 32.2. The predicted octanol–water partition coefficient (Wildman–Crippen LogP) is 2.22. The molecule has 0 atom stereocenters. The highest BCUT2D eigenvalue weighted by Gasteiger charge is 2.27. The van der Waals surface area contributed by atoms with E-state index in [1.54, 1.807) is 28.6 Å². The first kappa shape index (κ1) is 14.3. The summed E-state index contributed by atoms with van der Waals surface area (Å²) in [5.41, 5.74) is 7.06. The molecule has 1 fully saturated rings. The molecule has 4 nitrogen and oxygen atoms in total. The van der Waals surface area contributed by atoms with Crippen molar-refractivity contribution in [1.82, 2.24) is 4.31 Å². The summed E-state index contributed by atoms with van der Waals surface area (Å²) < 4.78 is 26.4. The average molecular weight is 282 g/mol. The van der Waals surface area contributed by atoms with Crippen molar-refractivity contribution in [2.75, 3.05) is 18.8 Å². The molecule has 0 radical (unpaired) electrons. The molecule has 2 rings (SSSR count). The third-order valence-electron chi connectivity index (χ3n) is 3.76. The van der Waals surface area contributed by atoms with Crippen molar-refractivity contribution in [1.29, 1.82) is 0 Å². The second-order valence-electron chi connectivity index (χ2n) is 5.25.